The van der Waals surface area contributed by atoms with Gasteiger partial charge < -0.3 is 19.1 Å². The van der Waals surface area contributed by atoms with Gasteiger partial charge in [0.25, 0.3) is 0 Å². The molecule has 1 aliphatic carbocycles. The molecule has 1 N–H and O–H groups in total. The molecule has 6 nitrogen and oxygen atoms in total. The fourth-order valence-corrected chi connectivity index (χ4v) is 5.33. The predicted molar refractivity (Wildman–Crippen MR) is 159 cm³/mol. The molecule has 0 unspecified atom stereocenters. The highest BCUT2D eigenvalue weighted by atomic mass is 35.5. The zero-order chi connectivity index (χ0) is 28.1. The van der Waals surface area contributed by atoms with Gasteiger partial charge >= 0.3 is 5.97 Å². The summed E-state index contributed by atoms with van der Waals surface area (Å²) in [4.78, 5) is 16.2. The molecule has 0 atom stereocenters. The minimum atomic E-state index is -0.939. The van der Waals surface area contributed by atoms with E-state index in [0.717, 1.165) is 52.4 Å². The van der Waals surface area contributed by atoms with Gasteiger partial charge in [-0.1, -0.05) is 49.1 Å². The maximum absolute atomic E-state index is 11.4. The van der Waals surface area contributed by atoms with E-state index in [1.165, 1.54) is 19.3 Å². The van der Waals surface area contributed by atoms with Crippen LogP contribution in [0.4, 0.5) is 0 Å². The van der Waals surface area contributed by atoms with E-state index in [4.69, 9.17) is 26.1 Å². The van der Waals surface area contributed by atoms with Gasteiger partial charge in [-0.05, 0) is 85.5 Å². The van der Waals surface area contributed by atoms with Crippen LogP contribution in [0, 0.1) is 0 Å². The van der Waals surface area contributed by atoms with Crippen molar-refractivity contribution in [3.63, 3.8) is 0 Å². The zero-order valence-electron chi connectivity index (χ0n) is 22.8. The van der Waals surface area contributed by atoms with Gasteiger partial charge in [0.2, 0.25) is 0 Å². The van der Waals surface area contributed by atoms with Crippen LogP contribution >= 0.6 is 11.6 Å². The third kappa shape index (κ3) is 6.40. The second-order valence-electron chi connectivity index (χ2n) is 10.2. The number of carboxylic acids is 1. The number of methoxy groups -OCH3 is 1. The van der Waals surface area contributed by atoms with Crippen LogP contribution < -0.4 is 9.47 Å². The van der Waals surface area contributed by atoms with Crippen molar-refractivity contribution in [3.05, 3.63) is 94.8 Å². The molecule has 4 aromatic rings. The Bertz CT molecular complexity index is 1500. The van der Waals surface area contributed by atoms with E-state index in [1.54, 1.807) is 20.1 Å². The molecule has 0 amide bonds. The molecular weight excluding hydrogens is 524 g/mol. The first kappa shape index (κ1) is 27.5. The Hall–Kier alpha value is -4.03. The number of aromatic nitrogens is 2. The van der Waals surface area contributed by atoms with Crippen LogP contribution in [0.5, 0.6) is 11.5 Å². The standard InChI is InChI=1S/C33H33ClN2O4/c1-22(33(37)38)18-27-20-36(28-6-4-3-5-7-28)32(35-27)24-10-14-29(15-11-24)40-21-25-19-30(39-2)16-17-31(25)23-8-12-26(34)13-9-23/h8-20,28H,3-7,21H2,1-2H3,(H,37,38)/b22-18+. The maximum Gasteiger partial charge on any atom is 0.331 e. The molecule has 1 aromatic heterocycles. The van der Waals surface area contributed by atoms with Gasteiger partial charge in [0, 0.05) is 34.0 Å². The van der Waals surface area contributed by atoms with Crippen LogP contribution in [-0.4, -0.2) is 27.7 Å². The topological polar surface area (TPSA) is 73.6 Å². The molecule has 0 bridgehead atoms. The summed E-state index contributed by atoms with van der Waals surface area (Å²) < 4.78 is 13.9. The number of hydrogen-bond acceptors (Lipinski definition) is 4. The smallest absolute Gasteiger partial charge is 0.331 e. The third-order valence-electron chi connectivity index (χ3n) is 7.40. The SMILES string of the molecule is COc1ccc(-c2ccc(Cl)cc2)c(COc2ccc(-c3nc(/C=C(\C)C(=O)O)cn3C3CCCCC3)cc2)c1. The molecule has 1 fully saturated rings. The lowest BCUT2D eigenvalue weighted by Gasteiger charge is -2.24. The van der Waals surface area contributed by atoms with Crippen molar-refractivity contribution >= 4 is 23.6 Å². The summed E-state index contributed by atoms with van der Waals surface area (Å²) >= 11 is 6.10. The lowest BCUT2D eigenvalue weighted by molar-refractivity contribution is -0.132. The van der Waals surface area contributed by atoms with Gasteiger partial charge in [-0.25, -0.2) is 9.78 Å². The van der Waals surface area contributed by atoms with Crippen molar-refractivity contribution in [2.45, 2.75) is 51.7 Å². The van der Waals surface area contributed by atoms with E-state index < -0.39 is 5.97 Å². The maximum atomic E-state index is 11.4. The number of carboxylic acid groups (broad SMARTS) is 1. The molecule has 1 aliphatic rings. The Morgan fingerprint density at radius 3 is 2.35 bits per heavy atom. The Morgan fingerprint density at radius 1 is 1.00 bits per heavy atom. The van der Waals surface area contributed by atoms with Gasteiger partial charge in [0.05, 0.1) is 12.8 Å². The van der Waals surface area contributed by atoms with Crippen LogP contribution in [0.1, 0.15) is 56.3 Å². The molecule has 0 radical (unpaired) electrons. The fraction of sp³-hybridized carbons (Fsp3) is 0.273. The van der Waals surface area contributed by atoms with Crippen LogP contribution in [-0.2, 0) is 11.4 Å². The van der Waals surface area contributed by atoms with Crippen molar-refractivity contribution in [2.24, 2.45) is 0 Å². The van der Waals surface area contributed by atoms with Crippen molar-refractivity contribution < 1.29 is 19.4 Å². The highest BCUT2D eigenvalue weighted by Crippen LogP contribution is 2.34. The number of benzene rings is 3. The van der Waals surface area contributed by atoms with Gasteiger partial charge in [0.1, 0.15) is 23.9 Å². The zero-order valence-corrected chi connectivity index (χ0v) is 23.5. The quantitative estimate of drug-likeness (QED) is 0.209. The third-order valence-corrected chi connectivity index (χ3v) is 7.65. The summed E-state index contributed by atoms with van der Waals surface area (Å²) in [5.41, 5.74) is 5.00. The van der Waals surface area contributed by atoms with Gasteiger partial charge in [-0.15, -0.1) is 0 Å². The van der Waals surface area contributed by atoms with E-state index in [2.05, 4.69) is 4.57 Å². The Kier molecular flexibility index (Phi) is 8.56. The highest BCUT2D eigenvalue weighted by Gasteiger charge is 2.20. The molecule has 5 rings (SSSR count). The van der Waals surface area contributed by atoms with E-state index in [9.17, 15) is 9.90 Å². The molecule has 206 valence electrons. The summed E-state index contributed by atoms with van der Waals surface area (Å²) in [5.74, 6) is 1.42. The second-order valence-corrected chi connectivity index (χ2v) is 10.6. The average molecular weight is 557 g/mol. The Morgan fingerprint density at radius 2 is 1.68 bits per heavy atom. The number of nitrogens with zero attached hydrogens (tertiary/aromatic N) is 2. The number of carbonyl (C=O) groups is 1. The fourth-order valence-electron chi connectivity index (χ4n) is 5.21. The van der Waals surface area contributed by atoms with Gasteiger partial charge in [-0.2, -0.15) is 0 Å². The van der Waals surface area contributed by atoms with E-state index in [1.807, 2.05) is 72.9 Å². The number of ether oxygens (including phenoxy) is 2. The molecule has 7 heteroatoms. The second kappa shape index (κ2) is 12.4. The number of imidazole rings is 1. The first-order valence-electron chi connectivity index (χ1n) is 13.6. The van der Waals surface area contributed by atoms with Crippen molar-refractivity contribution in [2.75, 3.05) is 7.11 Å². The summed E-state index contributed by atoms with van der Waals surface area (Å²) in [7, 11) is 1.65. The molecule has 40 heavy (non-hydrogen) atoms. The van der Waals surface area contributed by atoms with Crippen molar-refractivity contribution in [1.82, 2.24) is 9.55 Å². The van der Waals surface area contributed by atoms with Gasteiger partial charge in [-0.3, -0.25) is 0 Å². The first-order valence-corrected chi connectivity index (χ1v) is 14.0. The van der Waals surface area contributed by atoms with E-state index >= 15 is 0 Å². The minimum Gasteiger partial charge on any atom is -0.497 e. The van der Waals surface area contributed by atoms with E-state index in [0.29, 0.717) is 23.4 Å². The Labute approximate surface area is 239 Å². The summed E-state index contributed by atoms with van der Waals surface area (Å²) in [6.45, 7) is 1.96. The van der Waals surface area contributed by atoms with Gasteiger partial charge in [0.15, 0.2) is 0 Å². The van der Waals surface area contributed by atoms with Crippen LogP contribution in [0.2, 0.25) is 5.02 Å². The number of halogens is 1. The summed E-state index contributed by atoms with van der Waals surface area (Å²) in [5, 5.41) is 10.0. The lowest BCUT2D eigenvalue weighted by Crippen LogP contribution is -2.13. The summed E-state index contributed by atoms with van der Waals surface area (Å²) in [6, 6.07) is 22.0. The largest absolute Gasteiger partial charge is 0.497 e. The molecule has 1 saturated carbocycles. The molecule has 1 heterocycles. The number of hydrogen-bond donors (Lipinski definition) is 1. The molecule has 3 aromatic carbocycles. The highest BCUT2D eigenvalue weighted by molar-refractivity contribution is 6.30. The van der Waals surface area contributed by atoms with Crippen LogP contribution in [0.25, 0.3) is 28.6 Å². The molecule has 0 aliphatic heterocycles. The molecule has 0 saturated heterocycles. The number of aliphatic carboxylic acids is 1. The van der Waals surface area contributed by atoms with Crippen molar-refractivity contribution in [3.8, 4) is 34.0 Å². The molecular formula is C33H33ClN2O4. The Balaban J connectivity index is 1.39. The average Bonchev–Trinajstić information content (AvgIpc) is 3.40. The van der Waals surface area contributed by atoms with Crippen LogP contribution in [0.15, 0.2) is 78.5 Å². The monoisotopic (exact) mass is 556 g/mol. The lowest BCUT2D eigenvalue weighted by atomic mass is 9.95. The number of rotatable bonds is 9. The predicted octanol–water partition coefficient (Wildman–Crippen LogP) is 8.45. The first-order chi connectivity index (χ1) is 19.4. The van der Waals surface area contributed by atoms with Crippen molar-refractivity contribution in [1.29, 1.82) is 0 Å². The summed E-state index contributed by atoms with van der Waals surface area (Å²) in [6.07, 6.45) is 9.46. The minimum absolute atomic E-state index is 0.263. The molecule has 0 spiro atoms. The normalized spacial score (nSPS) is 14.2. The van der Waals surface area contributed by atoms with E-state index in [-0.39, 0.29) is 5.57 Å². The van der Waals surface area contributed by atoms with Crippen LogP contribution in [0.3, 0.4) is 0 Å².